The van der Waals surface area contributed by atoms with Crippen molar-refractivity contribution >= 4 is 46.6 Å². The van der Waals surface area contributed by atoms with Gasteiger partial charge in [-0.15, -0.1) is 0 Å². The van der Waals surface area contributed by atoms with Crippen molar-refractivity contribution in [3.8, 4) is 0 Å². The summed E-state index contributed by atoms with van der Waals surface area (Å²) in [4.78, 5) is 27.6. The number of nitrogens with zero attached hydrogens (tertiary/aromatic N) is 1. The van der Waals surface area contributed by atoms with Crippen LogP contribution in [0.25, 0.3) is 0 Å². The van der Waals surface area contributed by atoms with Gasteiger partial charge in [0.15, 0.2) is 6.10 Å². The summed E-state index contributed by atoms with van der Waals surface area (Å²) in [6.07, 6.45) is 0.346. The molecule has 6 nitrogen and oxygen atoms in total. The molecule has 3 unspecified atom stereocenters. The number of rotatable bonds is 5. The van der Waals surface area contributed by atoms with Crippen LogP contribution in [0.15, 0.2) is 42.5 Å². The Morgan fingerprint density at radius 2 is 1.79 bits per heavy atom. The van der Waals surface area contributed by atoms with E-state index in [1.807, 2.05) is 0 Å². The fraction of sp³-hybridized carbons (Fsp3) is 0.417. The monoisotopic (exact) mass is 510 g/mol. The fourth-order valence-electron chi connectivity index (χ4n) is 4.70. The highest BCUT2D eigenvalue weighted by Crippen LogP contribution is 2.43. The second kappa shape index (κ2) is 10.2. The van der Waals surface area contributed by atoms with Crippen molar-refractivity contribution in [1.82, 2.24) is 10.2 Å². The standard InChI is InChI=1S/C24H25Cl3N2O4/c25-18-3-1-15(2-4-18)21(30)22(31)28-12-17-13-29(7-5-24(17)6-8-33-14-24)23(32)16-9-19(26)11-20(27)10-16/h1-4,9-11,17,21,30H,5-8,12-14H2,(H,28,31). The summed E-state index contributed by atoms with van der Waals surface area (Å²) in [5.74, 6) is -0.657. The lowest BCUT2D eigenvalue weighted by molar-refractivity contribution is -0.130. The summed E-state index contributed by atoms with van der Waals surface area (Å²) in [6.45, 7) is 2.63. The molecule has 2 amide bonds. The number of hydrogen-bond donors (Lipinski definition) is 2. The van der Waals surface area contributed by atoms with Crippen LogP contribution < -0.4 is 5.32 Å². The zero-order valence-corrected chi connectivity index (χ0v) is 20.2. The molecule has 0 aliphatic carbocycles. The minimum absolute atomic E-state index is 0.0197. The van der Waals surface area contributed by atoms with Gasteiger partial charge in [0.1, 0.15) is 0 Å². The average Bonchev–Trinajstić information content (AvgIpc) is 3.26. The molecule has 1 spiro atoms. The van der Waals surface area contributed by atoms with E-state index >= 15 is 0 Å². The zero-order chi connectivity index (χ0) is 23.6. The number of ether oxygens (including phenoxy) is 1. The molecular weight excluding hydrogens is 487 g/mol. The van der Waals surface area contributed by atoms with E-state index in [0.717, 1.165) is 12.8 Å². The first kappa shape index (κ1) is 24.3. The Balaban J connectivity index is 1.46. The van der Waals surface area contributed by atoms with Crippen molar-refractivity contribution in [2.24, 2.45) is 11.3 Å². The van der Waals surface area contributed by atoms with Gasteiger partial charge in [-0.05, 0) is 48.7 Å². The predicted octanol–water partition coefficient (Wildman–Crippen LogP) is 4.37. The number of carbonyl (C=O) groups excluding carboxylic acids is 2. The van der Waals surface area contributed by atoms with Crippen LogP contribution in [0.4, 0.5) is 0 Å². The van der Waals surface area contributed by atoms with E-state index in [-0.39, 0.29) is 17.2 Å². The summed E-state index contributed by atoms with van der Waals surface area (Å²) in [5.41, 5.74) is 0.794. The van der Waals surface area contributed by atoms with E-state index in [9.17, 15) is 14.7 Å². The predicted molar refractivity (Wildman–Crippen MR) is 128 cm³/mol. The first-order chi connectivity index (χ1) is 15.8. The number of halogens is 3. The number of benzene rings is 2. The maximum atomic E-state index is 13.2. The van der Waals surface area contributed by atoms with Gasteiger partial charge in [-0.2, -0.15) is 0 Å². The third-order valence-corrected chi connectivity index (χ3v) is 7.36. The van der Waals surface area contributed by atoms with Crippen molar-refractivity contribution in [3.63, 3.8) is 0 Å². The second-order valence-electron chi connectivity index (χ2n) is 8.72. The molecule has 3 atom stereocenters. The highest BCUT2D eigenvalue weighted by molar-refractivity contribution is 6.35. The quantitative estimate of drug-likeness (QED) is 0.625. The summed E-state index contributed by atoms with van der Waals surface area (Å²) in [6, 6.07) is 11.3. The Hall–Kier alpha value is -1.83. The zero-order valence-electron chi connectivity index (χ0n) is 17.9. The molecule has 0 bridgehead atoms. The minimum Gasteiger partial charge on any atom is -0.381 e. The lowest BCUT2D eigenvalue weighted by atomic mass is 9.69. The topological polar surface area (TPSA) is 78.9 Å². The number of nitrogens with one attached hydrogen (secondary N) is 1. The Morgan fingerprint density at radius 1 is 1.09 bits per heavy atom. The lowest BCUT2D eigenvalue weighted by Gasteiger charge is -2.45. The van der Waals surface area contributed by atoms with Crippen LogP contribution in [0.2, 0.25) is 15.1 Å². The van der Waals surface area contributed by atoms with Gasteiger partial charge in [0.2, 0.25) is 0 Å². The number of aliphatic hydroxyl groups excluding tert-OH is 1. The van der Waals surface area contributed by atoms with Gasteiger partial charge >= 0.3 is 0 Å². The summed E-state index contributed by atoms with van der Waals surface area (Å²) >= 11 is 18.1. The van der Waals surface area contributed by atoms with E-state index in [2.05, 4.69) is 5.32 Å². The summed E-state index contributed by atoms with van der Waals surface area (Å²) in [7, 11) is 0. The van der Waals surface area contributed by atoms with Gasteiger partial charge < -0.3 is 20.1 Å². The molecule has 4 rings (SSSR count). The number of likely N-dealkylation sites (tertiary alicyclic amines) is 1. The van der Waals surface area contributed by atoms with E-state index < -0.39 is 12.0 Å². The number of aliphatic hydroxyl groups is 1. The van der Waals surface area contributed by atoms with Crippen LogP contribution in [-0.2, 0) is 9.53 Å². The van der Waals surface area contributed by atoms with Gasteiger partial charge in [0.05, 0.1) is 6.61 Å². The molecule has 33 heavy (non-hydrogen) atoms. The highest BCUT2D eigenvalue weighted by atomic mass is 35.5. The van der Waals surface area contributed by atoms with Crippen LogP contribution >= 0.6 is 34.8 Å². The third-order valence-electron chi connectivity index (χ3n) is 6.67. The van der Waals surface area contributed by atoms with Crippen LogP contribution in [0, 0.1) is 11.3 Å². The van der Waals surface area contributed by atoms with E-state index in [4.69, 9.17) is 39.5 Å². The highest BCUT2D eigenvalue weighted by Gasteiger charge is 2.46. The summed E-state index contributed by atoms with van der Waals surface area (Å²) in [5, 5.41) is 14.7. The van der Waals surface area contributed by atoms with E-state index in [1.54, 1.807) is 47.4 Å². The van der Waals surface area contributed by atoms with Gasteiger partial charge in [-0.1, -0.05) is 46.9 Å². The van der Waals surface area contributed by atoms with Crippen molar-refractivity contribution in [2.45, 2.75) is 18.9 Å². The van der Waals surface area contributed by atoms with Crippen molar-refractivity contribution in [1.29, 1.82) is 0 Å². The SMILES string of the molecule is O=C(NCC1CN(C(=O)c2cc(Cl)cc(Cl)c2)CCC12CCOC2)C(O)c1ccc(Cl)cc1. The molecule has 9 heteroatoms. The fourth-order valence-corrected chi connectivity index (χ4v) is 5.35. The third kappa shape index (κ3) is 5.47. The Kier molecular flexibility index (Phi) is 7.51. The largest absolute Gasteiger partial charge is 0.381 e. The van der Waals surface area contributed by atoms with Crippen LogP contribution in [0.5, 0.6) is 0 Å². The second-order valence-corrected chi connectivity index (χ2v) is 10.0. The van der Waals surface area contributed by atoms with Crippen molar-refractivity contribution < 1.29 is 19.4 Å². The molecule has 2 N–H and O–H groups in total. The van der Waals surface area contributed by atoms with Crippen LogP contribution in [0.1, 0.15) is 34.9 Å². The molecule has 2 fully saturated rings. The van der Waals surface area contributed by atoms with Gasteiger partial charge in [-0.25, -0.2) is 0 Å². The molecule has 0 aromatic heterocycles. The molecule has 0 saturated carbocycles. The maximum Gasteiger partial charge on any atom is 0.253 e. The first-order valence-electron chi connectivity index (χ1n) is 10.8. The number of amides is 2. The van der Waals surface area contributed by atoms with E-state index in [0.29, 0.717) is 59.0 Å². The van der Waals surface area contributed by atoms with Crippen molar-refractivity contribution in [3.05, 3.63) is 68.7 Å². The molecule has 2 aromatic rings. The molecular formula is C24H25Cl3N2O4. The number of piperidine rings is 1. The van der Waals surface area contributed by atoms with Gasteiger partial charge in [0, 0.05) is 58.2 Å². The molecule has 2 aliphatic heterocycles. The minimum atomic E-state index is -1.30. The molecule has 2 saturated heterocycles. The first-order valence-corrected chi connectivity index (χ1v) is 12.0. The van der Waals surface area contributed by atoms with Gasteiger partial charge in [-0.3, -0.25) is 9.59 Å². The Bertz CT molecular complexity index is 1000. The van der Waals surface area contributed by atoms with Crippen molar-refractivity contribution in [2.75, 3.05) is 32.8 Å². The molecule has 2 aliphatic rings. The van der Waals surface area contributed by atoms with Crippen LogP contribution in [0.3, 0.4) is 0 Å². The maximum absolute atomic E-state index is 13.2. The summed E-state index contributed by atoms with van der Waals surface area (Å²) < 4.78 is 5.70. The number of hydrogen-bond acceptors (Lipinski definition) is 4. The normalized spacial score (nSPS) is 23.5. The van der Waals surface area contributed by atoms with E-state index in [1.165, 1.54) is 0 Å². The Labute approximate surface area is 207 Å². The molecule has 2 aromatic carbocycles. The van der Waals surface area contributed by atoms with Gasteiger partial charge in [0.25, 0.3) is 11.8 Å². The van der Waals surface area contributed by atoms with Crippen LogP contribution in [-0.4, -0.2) is 54.7 Å². The Morgan fingerprint density at radius 3 is 2.42 bits per heavy atom. The number of carbonyl (C=O) groups is 2. The molecule has 2 heterocycles. The smallest absolute Gasteiger partial charge is 0.253 e. The average molecular weight is 512 g/mol. The molecule has 0 radical (unpaired) electrons. The lowest BCUT2D eigenvalue weighted by Crippen LogP contribution is -2.53. The molecule has 176 valence electrons.